The number of thiazole rings is 1. The summed E-state index contributed by atoms with van der Waals surface area (Å²) in [5.74, 6) is -1.21. The third-order valence-electron chi connectivity index (χ3n) is 3.74. The van der Waals surface area contributed by atoms with Crippen molar-refractivity contribution in [3.05, 3.63) is 45.9 Å². The number of aromatic carboxylic acids is 1. The molecule has 2 amide bonds. The van der Waals surface area contributed by atoms with Gasteiger partial charge < -0.3 is 15.7 Å². The number of amides is 2. The highest BCUT2D eigenvalue weighted by molar-refractivity contribution is 7.09. The molecule has 0 atom stereocenters. The molecule has 1 aromatic heterocycles. The van der Waals surface area contributed by atoms with Crippen LogP contribution in [0.2, 0.25) is 0 Å². The maximum Gasteiger partial charge on any atom is 0.355 e. The van der Waals surface area contributed by atoms with Crippen molar-refractivity contribution in [2.45, 2.75) is 19.3 Å². The van der Waals surface area contributed by atoms with Gasteiger partial charge >= 0.3 is 5.97 Å². The van der Waals surface area contributed by atoms with Gasteiger partial charge in [-0.3, -0.25) is 9.59 Å². The first-order valence-corrected chi connectivity index (χ1v) is 8.77. The monoisotopic (exact) mass is 359 g/mol. The minimum absolute atomic E-state index is 0.00411. The van der Waals surface area contributed by atoms with Crippen LogP contribution in [0.25, 0.3) is 0 Å². The Morgan fingerprint density at radius 1 is 1.28 bits per heavy atom. The number of hydrogen-bond acceptors (Lipinski definition) is 5. The molecule has 130 valence electrons. The summed E-state index contributed by atoms with van der Waals surface area (Å²) in [4.78, 5) is 38.7. The van der Waals surface area contributed by atoms with Gasteiger partial charge in [0.05, 0.1) is 5.01 Å². The molecule has 1 aliphatic rings. The van der Waals surface area contributed by atoms with E-state index in [0.29, 0.717) is 29.2 Å². The van der Waals surface area contributed by atoms with Crippen LogP contribution in [-0.2, 0) is 11.2 Å². The van der Waals surface area contributed by atoms with Crippen molar-refractivity contribution in [2.24, 2.45) is 5.92 Å². The predicted octanol–water partition coefficient (Wildman–Crippen LogP) is 2.16. The van der Waals surface area contributed by atoms with Crippen molar-refractivity contribution in [3.8, 4) is 0 Å². The lowest BCUT2D eigenvalue weighted by Crippen LogP contribution is -2.25. The fourth-order valence-corrected chi connectivity index (χ4v) is 3.01. The van der Waals surface area contributed by atoms with Crippen LogP contribution in [0.4, 0.5) is 5.69 Å². The van der Waals surface area contributed by atoms with Gasteiger partial charge in [0.25, 0.3) is 5.91 Å². The molecule has 8 heteroatoms. The summed E-state index contributed by atoms with van der Waals surface area (Å²) >= 11 is 1.25. The number of carbonyl (C=O) groups is 3. The molecule has 7 nitrogen and oxygen atoms in total. The maximum absolute atomic E-state index is 12.2. The van der Waals surface area contributed by atoms with Gasteiger partial charge in [-0.25, -0.2) is 9.78 Å². The number of aromatic nitrogens is 1. The maximum atomic E-state index is 12.2. The molecule has 25 heavy (non-hydrogen) atoms. The van der Waals surface area contributed by atoms with E-state index in [-0.39, 0.29) is 23.4 Å². The van der Waals surface area contributed by atoms with Crippen LogP contribution in [-0.4, -0.2) is 34.4 Å². The van der Waals surface area contributed by atoms with Crippen molar-refractivity contribution in [3.63, 3.8) is 0 Å². The Balaban J connectivity index is 1.51. The molecule has 0 saturated heterocycles. The molecule has 0 spiro atoms. The Morgan fingerprint density at radius 2 is 2.08 bits per heavy atom. The first-order chi connectivity index (χ1) is 12.0. The average Bonchev–Trinajstić information content (AvgIpc) is 3.34. The molecule has 3 rings (SSSR count). The third-order valence-corrected chi connectivity index (χ3v) is 4.64. The molecule has 0 unspecified atom stereocenters. The lowest BCUT2D eigenvalue weighted by atomic mass is 10.2. The summed E-state index contributed by atoms with van der Waals surface area (Å²) in [6.07, 6.45) is 2.31. The van der Waals surface area contributed by atoms with Gasteiger partial charge in [-0.05, 0) is 31.0 Å². The van der Waals surface area contributed by atoms with Crippen molar-refractivity contribution < 1.29 is 19.5 Å². The van der Waals surface area contributed by atoms with E-state index in [1.165, 1.54) is 16.7 Å². The minimum atomic E-state index is -1.06. The quantitative estimate of drug-likeness (QED) is 0.702. The SMILES string of the molecule is O=C(NCCc1nc(C(=O)O)cs1)c1cccc(NC(=O)C2CC2)c1. The number of nitrogens with one attached hydrogen (secondary N) is 2. The van der Waals surface area contributed by atoms with Crippen LogP contribution in [0.15, 0.2) is 29.6 Å². The van der Waals surface area contributed by atoms with Gasteiger partial charge in [-0.2, -0.15) is 0 Å². The molecule has 1 aliphatic carbocycles. The Labute approximate surface area is 148 Å². The highest BCUT2D eigenvalue weighted by Gasteiger charge is 2.29. The molecule has 1 heterocycles. The van der Waals surface area contributed by atoms with Crippen LogP contribution in [0.1, 0.15) is 38.7 Å². The van der Waals surface area contributed by atoms with Crippen molar-refractivity contribution in [1.82, 2.24) is 10.3 Å². The van der Waals surface area contributed by atoms with E-state index in [0.717, 1.165) is 12.8 Å². The van der Waals surface area contributed by atoms with E-state index in [4.69, 9.17) is 5.11 Å². The van der Waals surface area contributed by atoms with Crippen molar-refractivity contribution >= 4 is 34.8 Å². The number of rotatable bonds is 7. The smallest absolute Gasteiger partial charge is 0.355 e. The van der Waals surface area contributed by atoms with E-state index < -0.39 is 5.97 Å². The highest BCUT2D eigenvalue weighted by Crippen LogP contribution is 2.30. The zero-order chi connectivity index (χ0) is 17.8. The predicted molar refractivity (Wildman–Crippen MR) is 92.9 cm³/mol. The Bertz CT molecular complexity index is 814. The van der Waals surface area contributed by atoms with E-state index >= 15 is 0 Å². The third kappa shape index (κ3) is 4.63. The zero-order valence-electron chi connectivity index (χ0n) is 13.3. The average molecular weight is 359 g/mol. The topological polar surface area (TPSA) is 108 Å². The van der Waals surface area contributed by atoms with Gasteiger partial charge in [0.2, 0.25) is 5.91 Å². The molecule has 3 N–H and O–H groups in total. The normalized spacial score (nSPS) is 13.3. The number of carboxylic acid groups (broad SMARTS) is 1. The van der Waals surface area contributed by atoms with Crippen molar-refractivity contribution in [1.29, 1.82) is 0 Å². The van der Waals surface area contributed by atoms with Gasteiger partial charge in [-0.15, -0.1) is 11.3 Å². The van der Waals surface area contributed by atoms with Crippen LogP contribution in [0.5, 0.6) is 0 Å². The van der Waals surface area contributed by atoms with Gasteiger partial charge in [0, 0.05) is 35.5 Å². The summed E-state index contributed by atoms with van der Waals surface area (Å²) in [6.45, 7) is 0.351. The number of carboxylic acids is 1. The zero-order valence-corrected chi connectivity index (χ0v) is 14.1. The Kier molecular flexibility index (Phi) is 5.08. The summed E-state index contributed by atoms with van der Waals surface area (Å²) in [7, 11) is 0. The number of carbonyl (C=O) groups excluding carboxylic acids is 2. The van der Waals surface area contributed by atoms with E-state index in [9.17, 15) is 14.4 Å². The number of hydrogen-bond donors (Lipinski definition) is 3. The molecular formula is C17H17N3O4S. The molecule has 1 saturated carbocycles. The second-order valence-electron chi connectivity index (χ2n) is 5.78. The first kappa shape index (κ1) is 17.1. The molecule has 1 aromatic carbocycles. The lowest BCUT2D eigenvalue weighted by Gasteiger charge is -2.07. The summed E-state index contributed by atoms with van der Waals surface area (Å²) in [6, 6.07) is 6.78. The van der Waals surface area contributed by atoms with Gasteiger partial charge in [0.15, 0.2) is 5.69 Å². The number of benzene rings is 1. The van der Waals surface area contributed by atoms with Gasteiger partial charge in [-0.1, -0.05) is 6.07 Å². The Hall–Kier alpha value is -2.74. The van der Waals surface area contributed by atoms with E-state index in [1.807, 2.05) is 0 Å². The fraction of sp³-hybridized carbons (Fsp3) is 0.294. The summed E-state index contributed by atoms with van der Waals surface area (Å²) < 4.78 is 0. The van der Waals surface area contributed by atoms with E-state index in [1.54, 1.807) is 24.3 Å². The molecule has 2 aromatic rings. The van der Waals surface area contributed by atoms with Crippen LogP contribution >= 0.6 is 11.3 Å². The highest BCUT2D eigenvalue weighted by atomic mass is 32.1. The molecular weight excluding hydrogens is 342 g/mol. The fourth-order valence-electron chi connectivity index (χ4n) is 2.24. The molecule has 0 bridgehead atoms. The second kappa shape index (κ2) is 7.43. The summed E-state index contributed by atoms with van der Waals surface area (Å²) in [5, 5.41) is 16.5. The number of anilines is 1. The largest absolute Gasteiger partial charge is 0.476 e. The molecule has 0 aliphatic heterocycles. The summed E-state index contributed by atoms with van der Waals surface area (Å²) in [5.41, 5.74) is 1.08. The first-order valence-electron chi connectivity index (χ1n) is 7.90. The Morgan fingerprint density at radius 3 is 2.76 bits per heavy atom. The van der Waals surface area contributed by atoms with E-state index in [2.05, 4.69) is 15.6 Å². The molecule has 0 radical (unpaired) electrons. The van der Waals surface area contributed by atoms with Crippen molar-refractivity contribution in [2.75, 3.05) is 11.9 Å². The van der Waals surface area contributed by atoms with Gasteiger partial charge in [0.1, 0.15) is 0 Å². The standard InChI is InChI=1S/C17H17N3O4S/c21-15(18-7-6-14-20-13(9-25-14)17(23)24)11-2-1-3-12(8-11)19-16(22)10-4-5-10/h1-3,8-10H,4-7H2,(H,18,21)(H,19,22)(H,23,24). The number of nitrogens with zero attached hydrogens (tertiary/aromatic N) is 1. The lowest BCUT2D eigenvalue weighted by molar-refractivity contribution is -0.117. The minimum Gasteiger partial charge on any atom is -0.476 e. The van der Waals surface area contributed by atoms with Crippen LogP contribution < -0.4 is 10.6 Å². The van der Waals surface area contributed by atoms with Crippen LogP contribution in [0.3, 0.4) is 0 Å². The molecule has 1 fully saturated rings. The second-order valence-corrected chi connectivity index (χ2v) is 6.72. The van der Waals surface area contributed by atoms with Crippen LogP contribution in [0, 0.1) is 5.92 Å².